The predicted octanol–water partition coefficient (Wildman–Crippen LogP) is 1.79. The van der Waals surface area contributed by atoms with Crippen LogP contribution < -0.4 is 0 Å². The Labute approximate surface area is 114 Å². The zero-order chi connectivity index (χ0) is 13.7. The fraction of sp³-hybridized carbons (Fsp3) is 0.438. The molecule has 3 nitrogen and oxygen atoms in total. The molecule has 1 aromatic rings. The second-order valence-corrected chi connectivity index (χ2v) is 4.91. The van der Waals surface area contributed by atoms with E-state index in [1.807, 2.05) is 29.2 Å². The number of hydrogen-bond donors (Lipinski definition) is 1. The van der Waals surface area contributed by atoms with Crippen molar-refractivity contribution in [2.75, 3.05) is 13.2 Å². The number of carbonyl (C=O) groups is 1. The highest BCUT2D eigenvalue weighted by Gasteiger charge is 2.27. The van der Waals surface area contributed by atoms with Gasteiger partial charge in [0.1, 0.15) is 6.61 Å². The van der Waals surface area contributed by atoms with Crippen LogP contribution in [0, 0.1) is 17.8 Å². The van der Waals surface area contributed by atoms with Crippen molar-refractivity contribution in [1.29, 1.82) is 0 Å². The first-order chi connectivity index (χ1) is 9.22. The number of nitrogens with zero attached hydrogens (tertiary/aromatic N) is 1. The van der Waals surface area contributed by atoms with Crippen molar-refractivity contribution in [3.8, 4) is 11.8 Å². The lowest BCUT2D eigenvalue weighted by Gasteiger charge is -2.16. The van der Waals surface area contributed by atoms with Crippen LogP contribution in [0.15, 0.2) is 24.3 Å². The van der Waals surface area contributed by atoms with E-state index in [-0.39, 0.29) is 12.5 Å². The molecule has 0 bridgehead atoms. The molecule has 1 aliphatic heterocycles. The molecule has 0 saturated carbocycles. The van der Waals surface area contributed by atoms with Crippen molar-refractivity contribution in [1.82, 2.24) is 4.90 Å². The summed E-state index contributed by atoms with van der Waals surface area (Å²) in [6, 6.07) is 7.84. The van der Waals surface area contributed by atoms with E-state index in [9.17, 15) is 4.79 Å². The molecule has 1 unspecified atom stereocenters. The molecular formula is C16H19NO2. The molecule has 1 N–H and O–H groups in total. The maximum Gasteiger partial charge on any atom is 0.223 e. The molecule has 2 rings (SSSR count). The van der Waals surface area contributed by atoms with Gasteiger partial charge in [-0.1, -0.05) is 37.3 Å². The van der Waals surface area contributed by atoms with Crippen molar-refractivity contribution in [3.63, 3.8) is 0 Å². The van der Waals surface area contributed by atoms with Gasteiger partial charge in [-0.3, -0.25) is 4.79 Å². The summed E-state index contributed by atoms with van der Waals surface area (Å²) in [6.45, 7) is 3.57. The van der Waals surface area contributed by atoms with Crippen LogP contribution >= 0.6 is 0 Å². The lowest BCUT2D eigenvalue weighted by molar-refractivity contribution is -0.128. The number of aliphatic hydroxyl groups is 1. The molecule has 3 heteroatoms. The van der Waals surface area contributed by atoms with Crippen LogP contribution in [-0.2, 0) is 11.3 Å². The number of rotatable bonds is 3. The molecule has 1 aliphatic rings. The van der Waals surface area contributed by atoms with Crippen LogP contribution in [0.2, 0.25) is 0 Å². The Kier molecular flexibility index (Phi) is 4.59. The first-order valence-corrected chi connectivity index (χ1v) is 6.69. The van der Waals surface area contributed by atoms with Gasteiger partial charge in [0.2, 0.25) is 5.91 Å². The molecule has 0 spiro atoms. The summed E-state index contributed by atoms with van der Waals surface area (Å²) in [5.41, 5.74) is 2.01. The van der Waals surface area contributed by atoms with Crippen LogP contribution in [-0.4, -0.2) is 29.1 Å². The van der Waals surface area contributed by atoms with Gasteiger partial charge in [-0.05, 0) is 23.6 Å². The van der Waals surface area contributed by atoms with Gasteiger partial charge in [0, 0.05) is 25.1 Å². The lowest BCUT2D eigenvalue weighted by Crippen LogP contribution is -2.24. The maximum atomic E-state index is 11.8. The monoisotopic (exact) mass is 257 g/mol. The summed E-state index contributed by atoms with van der Waals surface area (Å²) in [4.78, 5) is 13.8. The minimum absolute atomic E-state index is 0.123. The number of amides is 1. The molecule has 0 radical (unpaired) electrons. The summed E-state index contributed by atoms with van der Waals surface area (Å²) >= 11 is 0. The second-order valence-electron chi connectivity index (χ2n) is 4.91. The van der Waals surface area contributed by atoms with E-state index in [1.54, 1.807) is 0 Å². The fourth-order valence-electron chi connectivity index (χ4n) is 2.34. The largest absolute Gasteiger partial charge is 0.384 e. The quantitative estimate of drug-likeness (QED) is 0.839. The van der Waals surface area contributed by atoms with Crippen LogP contribution in [0.1, 0.15) is 30.9 Å². The van der Waals surface area contributed by atoms with Gasteiger partial charge in [-0.15, -0.1) is 0 Å². The zero-order valence-electron chi connectivity index (χ0n) is 11.2. The Morgan fingerprint density at radius 1 is 1.37 bits per heavy atom. The van der Waals surface area contributed by atoms with E-state index in [1.165, 1.54) is 0 Å². The molecule has 1 fully saturated rings. The van der Waals surface area contributed by atoms with Crippen molar-refractivity contribution >= 4 is 5.91 Å². The predicted molar refractivity (Wildman–Crippen MR) is 74.2 cm³/mol. The third kappa shape index (κ3) is 3.59. The Balaban J connectivity index is 1.98. The summed E-state index contributed by atoms with van der Waals surface area (Å²) in [5, 5.41) is 8.63. The number of carbonyl (C=O) groups excluding carboxylic acids is 1. The summed E-state index contributed by atoms with van der Waals surface area (Å²) < 4.78 is 0. The van der Waals surface area contributed by atoms with Gasteiger partial charge < -0.3 is 10.0 Å². The maximum absolute atomic E-state index is 11.8. The van der Waals surface area contributed by atoms with Crippen LogP contribution in [0.4, 0.5) is 0 Å². The van der Waals surface area contributed by atoms with Crippen LogP contribution in [0.5, 0.6) is 0 Å². The highest BCUT2D eigenvalue weighted by Crippen LogP contribution is 2.22. The van der Waals surface area contributed by atoms with E-state index < -0.39 is 0 Å². The lowest BCUT2D eigenvalue weighted by atomic mass is 10.1. The summed E-state index contributed by atoms with van der Waals surface area (Å²) in [7, 11) is 0. The average Bonchev–Trinajstić information content (AvgIpc) is 2.79. The Hall–Kier alpha value is -1.79. The van der Waals surface area contributed by atoms with Gasteiger partial charge in [-0.2, -0.15) is 0 Å². The standard InChI is InChI=1S/C16H19NO2/c1-2-13-10-16(19)17(11-13)12-15-7-5-14(6-8-15)4-3-9-18/h5-8,13,18H,2,9-12H2,1H3. The minimum atomic E-state index is -0.123. The van der Waals surface area contributed by atoms with Gasteiger partial charge in [0.05, 0.1) is 0 Å². The SMILES string of the molecule is CCC1CC(=O)N(Cc2ccc(C#CCO)cc2)C1. The Morgan fingerprint density at radius 2 is 2.11 bits per heavy atom. The number of hydrogen-bond acceptors (Lipinski definition) is 2. The molecule has 1 saturated heterocycles. The summed E-state index contributed by atoms with van der Waals surface area (Å²) in [6.07, 6.45) is 1.76. The highest BCUT2D eigenvalue weighted by molar-refractivity contribution is 5.78. The first kappa shape index (κ1) is 13.6. The Bertz CT molecular complexity index is 496. The number of benzene rings is 1. The van der Waals surface area contributed by atoms with Gasteiger partial charge >= 0.3 is 0 Å². The third-order valence-corrected chi connectivity index (χ3v) is 3.51. The average molecular weight is 257 g/mol. The van der Waals surface area contributed by atoms with Crippen molar-refractivity contribution < 1.29 is 9.90 Å². The molecular weight excluding hydrogens is 238 g/mol. The number of aliphatic hydroxyl groups excluding tert-OH is 1. The molecule has 100 valence electrons. The van der Waals surface area contributed by atoms with Gasteiger partial charge in [0.25, 0.3) is 0 Å². The molecule has 1 heterocycles. The van der Waals surface area contributed by atoms with Gasteiger partial charge in [0.15, 0.2) is 0 Å². The molecule has 0 aromatic heterocycles. The number of likely N-dealkylation sites (tertiary alicyclic amines) is 1. The highest BCUT2D eigenvalue weighted by atomic mass is 16.2. The van der Waals surface area contributed by atoms with E-state index in [2.05, 4.69) is 18.8 Å². The third-order valence-electron chi connectivity index (χ3n) is 3.51. The normalized spacial score (nSPS) is 18.3. The van der Waals surface area contributed by atoms with Crippen molar-refractivity contribution in [2.45, 2.75) is 26.3 Å². The molecule has 1 amide bonds. The smallest absolute Gasteiger partial charge is 0.223 e. The van der Waals surface area contributed by atoms with E-state index >= 15 is 0 Å². The minimum Gasteiger partial charge on any atom is -0.384 e. The van der Waals surface area contributed by atoms with E-state index in [0.29, 0.717) is 18.9 Å². The fourth-order valence-corrected chi connectivity index (χ4v) is 2.34. The second kappa shape index (κ2) is 6.40. The molecule has 1 aromatic carbocycles. The van der Waals surface area contributed by atoms with E-state index in [4.69, 9.17) is 5.11 Å². The van der Waals surface area contributed by atoms with E-state index in [0.717, 1.165) is 24.1 Å². The topological polar surface area (TPSA) is 40.5 Å². The van der Waals surface area contributed by atoms with Crippen molar-refractivity contribution in [2.24, 2.45) is 5.92 Å². The van der Waals surface area contributed by atoms with Gasteiger partial charge in [-0.25, -0.2) is 0 Å². The molecule has 1 atom stereocenters. The van der Waals surface area contributed by atoms with Crippen molar-refractivity contribution in [3.05, 3.63) is 35.4 Å². The Morgan fingerprint density at radius 3 is 2.68 bits per heavy atom. The van der Waals surface area contributed by atoms with Crippen LogP contribution in [0.3, 0.4) is 0 Å². The zero-order valence-corrected chi connectivity index (χ0v) is 11.2. The molecule has 0 aliphatic carbocycles. The molecule has 19 heavy (non-hydrogen) atoms. The first-order valence-electron chi connectivity index (χ1n) is 6.69. The summed E-state index contributed by atoms with van der Waals surface area (Å²) in [5.74, 6) is 6.25. The van der Waals surface area contributed by atoms with Crippen LogP contribution in [0.25, 0.3) is 0 Å².